The molecule has 1 aliphatic rings. The van der Waals surface area contributed by atoms with Crippen molar-refractivity contribution in [3.8, 4) is 5.75 Å². The average Bonchev–Trinajstić information content (AvgIpc) is 2.57. The van der Waals surface area contributed by atoms with E-state index in [9.17, 15) is 0 Å². The zero-order valence-electron chi connectivity index (χ0n) is 14.0. The van der Waals surface area contributed by atoms with Gasteiger partial charge in [0, 0.05) is 6.04 Å². The zero-order chi connectivity index (χ0) is 16.1. The molecule has 1 saturated carbocycles. The Bertz CT molecular complexity index is 620. The lowest BCUT2D eigenvalue weighted by molar-refractivity contribution is 0.302. The van der Waals surface area contributed by atoms with Crippen molar-refractivity contribution in [2.45, 2.75) is 51.7 Å². The Labute approximate surface area is 139 Å². The summed E-state index contributed by atoms with van der Waals surface area (Å²) in [7, 11) is 0. The summed E-state index contributed by atoms with van der Waals surface area (Å²) in [5.41, 5.74) is 10.1. The van der Waals surface area contributed by atoms with Gasteiger partial charge >= 0.3 is 0 Å². The van der Waals surface area contributed by atoms with Gasteiger partial charge < -0.3 is 10.5 Å². The van der Waals surface area contributed by atoms with Crippen molar-refractivity contribution in [3.05, 3.63) is 65.2 Å². The van der Waals surface area contributed by atoms with Crippen LogP contribution in [0.15, 0.2) is 48.5 Å². The monoisotopic (exact) mass is 309 g/mol. The minimum Gasteiger partial charge on any atom is -0.489 e. The summed E-state index contributed by atoms with van der Waals surface area (Å²) in [6, 6.07) is 17.3. The van der Waals surface area contributed by atoms with Crippen molar-refractivity contribution in [2.75, 3.05) is 0 Å². The van der Waals surface area contributed by atoms with E-state index in [-0.39, 0.29) is 0 Å². The van der Waals surface area contributed by atoms with Gasteiger partial charge in [0.15, 0.2) is 0 Å². The molecule has 2 aromatic rings. The molecule has 1 fully saturated rings. The van der Waals surface area contributed by atoms with Crippen molar-refractivity contribution in [1.82, 2.24) is 0 Å². The first kappa shape index (κ1) is 16.1. The second-order valence-corrected chi connectivity index (χ2v) is 6.77. The van der Waals surface area contributed by atoms with E-state index < -0.39 is 0 Å². The van der Waals surface area contributed by atoms with Gasteiger partial charge in [-0.05, 0) is 60.9 Å². The molecular formula is C21H27NO. The molecule has 23 heavy (non-hydrogen) atoms. The Balaban J connectivity index is 1.55. The zero-order valence-corrected chi connectivity index (χ0v) is 14.0. The summed E-state index contributed by atoms with van der Waals surface area (Å²) in [6.45, 7) is 2.74. The Morgan fingerprint density at radius 1 is 1.00 bits per heavy atom. The predicted molar refractivity (Wildman–Crippen MR) is 95.6 cm³/mol. The minimum absolute atomic E-state index is 0.376. The smallest absolute Gasteiger partial charge is 0.119 e. The molecule has 2 aromatic carbocycles. The number of ether oxygens (including phenoxy) is 1. The Hall–Kier alpha value is -1.80. The van der Waals surface area contributed by atoms with Gasteiger partial charge in [-0.15, -0.1) is 0 Å². The summed E-state index contributed by atoms with van der Waals surface area (Å²) in [4.78, 5) is 0. The van der Waals surface area contributed by atoms with Gasteiger partial charge in [-0.1, -0.05) is 49.2 Å². The maximum atomic E-state index is 6.26. The van der Waals surface area contributed by atoms with Crippen molar-refractivity contribution in [2.24, 2.45) is 11.7 Å². The second-order valence-electron chi connectivity index (χ2n) is 6.77. The third-order valence-corrected chi connectivity index (χ3v) is 5.04. The van der Waals surface area contributed by atoms with Crippen LogP contribution in [0.1, 0.15) is 42.4 Å². The molecule has 0 aromatic heterocycles. The van der Waals surface area contributed by atoms with Crippen molar-refractivity contribution >= 4 is 0 Å². The quantitative estimate of drug-likeness (QED) is 0.873. The molecule has 2 N–H and O–H groups in total. The Kier molecular flexibility index (Phi) is 5.35. The van der Waals surface area contributed by atoms with Crippen LogP contribution >= 0.6 is 0 Å². The fourth-order valence-electron chi connectivity index (χ4n) is 3.45. The third-order valence-electron chi connectivity index (χ3n) is 5.04. The maximum absolute atomic E-state index is 6.26. The second kappa shape index (κ2) is 7.65. The van der Waals surface area contributed by atoms with Crippen molar-refractivity contribution in [3.63, 3.8) is 0 Å². The number of hydrogen-bond acceptors (Lipinski definition) is 2. The molecule has 2 heteroatoms. The standard InChI is InChI=1S/C21H27NO/c1-16-6-2-3-8-19(16)15-23-20-12-10-17(11-13-20)14-18-7-4-5-9-21(18)22/h2-3,6,8,10-13,18,21H,4-5,7,9,14-15,22H2,1H3. The summed E-state index contributed by atoms with van der Waals surface area (Å²) >= 11 is 0. The SMILES string of the molecule is Cc1ccccc1COc1ccc(CC2CCCCC2N)cc1. The fraction of sp³-hybridized carbons (Fsp3) is 0.429. The molecule has 122 valence electrons. The van der Waals surface area contributed by atoms with E-state index in [0.717, 1.165) is 12.2 Å². The van der Waals surface area contributed by atoms with Crippen LogP contribution in [0.5, 0.6) is 5.75 Å². The highest BCUT2D eigenvalue weighted by Crippen LogP contribution is 2.27. The molecule has 3 rings (SSSR count). The molecule has 2 nitrogen and oxygen atoms in total. The van der Waals surface area contributed by atoms with Crippen LogP contribution in [0, 0.1) is 12.8 Å². The first-order chi connectivity index (χ1) is 11.2. The largest absolute Gasteiger partial charge is 0.489 e. The van der Waals surface area contributed by atoms with Crippen LogP contribution in [-0.4, -0.2) is 6.04 Å². The number of nitrogens with two attached hydrogens (primary N) is 1. The summed E-state index contributed by atoms with van der Waals surface area (Å²) in [5, 5.41) is 0. The fourth-order valence-corrected chi connectivity index (χ4v) is 3.45. The molecule has 1 aliphatic carbocycles. The van der Waals surface area contributed by atoms with E-state index in [1.165, 1.54) is 42.4 Å². The highest BCUT2D eigenvalue weighted by atomic mass is 16.5. The Morgan fingerprint density at radius 2 is 1.74 bits per heavy atom. The molecule has 0 heterocycles. The van der Waals surface area contributed by atoms with Gasteiger partial charge in [0.05, 0.1) is 0 Å². The van der Waals surface area contributed by atoms with Crippen LogP contribution in [-0.2, 0) is 13.0 Å². The van der Waals surface area contributed by atoms with Crippen LogP contribution < -0.4 is 10.5 Å². The van der Waals surface area contributed by atoms with E-state index in [4.69, 9.17) is 10.5 Å². The first-order valence-corrected chi connectivity index (χ1v) is 8.74. The number of benzene rings is 2. The number of aryl methyl sites for hydroxylation is 1. The molecule has 0 amide bonds. The molecule has 0 spiro atoms. The first-order valence-electron chi connectivity index (χ1n) is 8.74. The van der Waals surface area contributed by atoms with Gasteiger partial charge in [-0.3, -0.25) is 0 Å². The van der Waals surface area contributed by atoms with E-state index in [0.29, 0.717) is 18.6 Å². The topological polar surface area (TPSA) is 35.2 Å². The summed E-state index contributed by atoms with van der Waals surface area (Å²) in [5.74, 6) is 1.58. The van der Waals surface area contributed by atoms with Crippen LogP contribution in [0.4, 0.5) is 0 Å². The molecule has 0 aliphatic heterocycles. The van der Waals surface area contributed by atoms with Crippen LogP contribution in [0.2, 0.25) is 0 Å². The Morgan fingerprint density at radius 3 is 2.48 bits per heavy atom. The van der Waals surface area contributed by atoms with Gasteiger partial charge in [-0.2, -0.15) is 0 Å². The highest BCUT2D eigenvalue weighted by Gasteiger charge is 2.21. The van der Waals surface area contributed by atoms with Crippen molar-refractivity contribution in [1.29, 1.82) is 0 Å². The molecular weight excluding hydrogens is 282 g/mol. The minimum atomic E-state index is 0.376. The molecule has 2 atom stereocenters. The normalized spacial score (nSPS) is 21.1. The highest BCUT2D eigenvalue weighted by molar-refractivity contribution is 5.29. The maximum Gasteiger partial charge on any atom is 0.119 e. The third kappa shape index (κ3) is 4.35. The number of hydrogen-bond donors (Lipinski definition) is 1. The summed E-state index contributed by atoms with van der Waals surface area (Å²) in [6.07, 6.45) is 6.17. The predicted octanol–water partition coefficient (Wildman–Crippen LogP) is 4.63. The lowest BCUT2D eigenvalue weighted by Gasteiger charge is -2.28. The molecule has 0 bridgehead atoms. The van der Waals surface area contributed by atoms with Crippen molar-refractivity contribution < 1.29 is 4.74 Å². The van der Waals surface area contributed by atoms with E-state index in [1.54, 1.807) is 0 Å². The number of rotatable bonds is 5. The molecule has 2 unspecified atom stereocenters. The van der Waals surface area contributed by atoms with Crippen LogP contribution in [0.3, 0.4) is 0 Å². The lowest BCUT2D eigenvalue weighted by atomic mass is 9.81. The van der Waals surface area contributed by atoms with Gasteiger partial charge in [0.2, 0.25) is 0 Å². The lowest BCUT2D eigenvalue weighted by Crippen LogP contribution is -2.34. The van der Waals surface area contributed by atoms with E-state index in [2.05, 4.69) is 55.5 Å². The van der Waals surface area contributed by atoms with Gasteiger partial charge in [-0.25, -0.2) is 0 Å². The van der Waals surface area contributed by atoms with Crippen LogP contribution in [0.25, 0.3) is 0 Å². The van der Waals surface area contributed by atoms with Gasteiger partial charge in [0.25, 0.3) is 0 Å². The van der Waals surface area contributed by atoms with E-state index in [1.807, 2.05) is 0 Å². The average molecular weight is 309 g/mol. The van der Waals surface area contributed by atoms with Gasteiger partial charge in [0.1, 0.15) is 12.4 Å². The molecule has 0 saturated heterocycles. The summed E-state index contributed by atoms with van der Waals surface area (Å²) < 4.78 is 5.91. The molecule has 0 radical (unpaired) electrons. The van der Waals surface area contributed by atoms with E-state index >= 15 is 0 Å².